The molecule has 1 atom stereocenters. The van der Waals surface area contributed by atoms with Gasteiger partial charge in [0.05, 0.1) is 11.6 Å². The van der Waals surface area contributed by atoms with Gasteiger partial charge in [0, 0.05) is 17.1 Å². The molecule has 0 radical (unpaired) electrons. The molecule has 0 saturated carbocycles. The molecule has 6 heteroatoms. The summed E-state index contributed by atoms with van der Waals surface area (Å²) in [5.74, 6) is 0.846. The van der Waals surface area contributed by atoms with Gasteiger partial charge in [-0.1, -0.05) is 13.8 Å². The van der Waals surface area contributed by atoms with Gasteiger partial charge in [-0.2, -0.15) is 0 Å². The summed E-state index contributed by atoms with van der Waals surface area (Å²) in [6, 6.07) is -0.367. The van der Waals surface area contributed by atoms with E-state index in [1.54, 1.807) is 30.0 Å². The largest absolute Gasteiger partial charge is 0.464 e. The zero-order valence-electron chi connectivity index (χ0n) is 10.7. The van der Waals surface area contributed by atoms with Crippen molar-refractivity contribution >= 4 is 34.1 Å². The van der Waals surface area contributed by atoms with Gasteiger partial charge in [-0.3, -0.25) is 4.99 Å². The molecule has 0 aliphatic carbocycles. The number of thiazole rings is 1. The molecule has 4 nitrogen and oxygen atoms in total. The number of aliphatic imine (C=N–C) groups is 1. The molecule has 0 N–H and O–H groups in total. The van der Waals surface area contributed by atoms with E-state index >= 15 is 0 Å². The number of aromatic nitrogens is 1. The van der Waals surface area contributed by atoms with Crippen molar-refractivity contribution in [1.82, 2.24) is 4.98 Å². The first-order valence-corrected chi connectivity index (χ1v) is 7.81. The van der Waals surface area contributed by atoms with E-state index in [1.165, 1.54) is 0 Å². The molecule has 0 bridgehead atoms. The third-order valence-corrected chi connectivity index (χ3v) is 4.66. The number of thioether (sulfide) groups is 1. The molecule has 0 amide bonds. The number of esters is 1. The van der Waals surface area contributed by atoms with Crippen LogP contribution in [0.4, 0.5) is 0 Å². The summed E-state index contributed by atoms with van der Waals surface area (Å²) in [6.45, 7) is 6.44. The third kappa shape index (κ3) is 2.92. The average Bonchev–Trinajstić information content (AvgIpc) is 2.98. The van der Waals surface area contributed by atoms with Gasteiger partial charge in [-0.05, 0) is 6.92 Å². The van der Waals surface area contributed by atoms with E-state index in [9.17, 15) is 4.79 Å². The summed E-state index contributed by atoms with van der Waals surface area (Å²) in [7, 11) is 0. The van der Waals surface area contributed by atoms with Crippen LogP contribution in [-0.2, 0) is 9.53 Å². The molecule has 0 aromatic carbocycles. The molecule has 1 aliphatic heterocycles. The van der Waals surface area contributed by atoms with Crippen LogP contribution < -0.4 is 0 Å². The zero-order valence-corrected chi connectivity index (χ0v) is 12.3. The third-order valence-electron chi connectivity index (χ3n) is 2.44. The van der Waals surface area contributed by atoms with Crippen LogP contribution in [0.1, 0.15) is 37.4 Å². The maximum absolute atomic E-state index is 11.6. The molecule has 1 aromatic heterocycles. The monoisotopic (exact) mass is 284 g/mol. The highest BCUT2D eigenvalue weighted by atomic mass is 32.2. The smallest absolute Gasteiger partial charge is 0.331 e. The van der Waals surface area contributed by atoms with Crippen molar-refractivity contribution < 1.29 is 9.53 Å². The van der Waals surface area contributed by atoms with Crippen LogP contribution in [0, 0.1) is 0 Å². The van der Waals surface area contributed by atoms with Crippen LogP contribution in [-0.4, -0.2) is 34.4 Å². The summed E-state index contributed by atoms with van der Waals surface area (Å²) in [4.78, 5) is 20.5. The molecule has 18 heavy (non-hydrogen) atoms. The Morgan fingerprint density at radius 3 is 3.00 bits per heavy atom. The molecule has 2 heterocycles. The number of ether oxygens (including phenoxy) is 1. The number of hydrogen-bond acceptors (Lipinski definition) is 6. The summed E-state index contributed by atoms with van der Waals surface area (Å²) in [5.41, 5.74) is 0.889. The Kier molecular flexibility index (Phi) is 4.40. The van der Waals surface area contributed by atoms with Crippen molar-refractivity contribution in [3.63, 3.8) is 0 Å². The van der Waals surface area contributed by atoms with Gasteiger partial charge in [0.2, 0.25) is 0 Å². The van der Waals surface area contributed by atoms with Crippen molar-refractivity contribution in [3.05, 3.63) is 16.1 Å². The number of carbonyl (C=O) groups is 1. The molecule has 98 valence electrons. The van der Waals surface area contributed by atoms with Gasteiger partial charge >= 0.3 is 5.97 Å². The summed E-state index contributed by atoms with van der Waals surface area (Å²) in [5, 5.41) is 3.97. The number of nitrogens with zero attached hydrogens (tertiary/aromatic N) is 2. The van der Waals surface area contributed by atoms with Crippen molar-refractivity contribution in [1.29, 1.82) is 0 Å². The van der Waals surface area contributed by atoms with E-state index in [0.29, 0.717) is 18.3 Å². The Labute approximate surface area is 115 Å². The van der Waals surface area contributed by atoms with E-state index in [0.717, 1.165) is 15.7 Å². The normalized spacial score (nSPS) is 19.1. The lowest BCUT2D eigenvalue weighted by Gasteiger charge is -2.03. The van der Waals surface area contributed by atoms with Gasteiger partial charge < -0.3 is 4.74 Å². The van der Waals surface area contributed by atoms with E-state index in [4.69, 9.17) is 4.74 Å². The van der Waals surface area contributed by atoms with Crippen molar-refractivity contribution in [2.75, 3.05) is 12.4 Å². The first-order valence-electron chi connectivity index (χ1n) is 5.94. The average molecular weight is 284 g/mol. The second kappa shape index (κ2) is 5.84. The van der Waals surface area contributed by atoms with E-state index in [1.807, 2.05) is 5.38 Å². The standard InChI is InChI=1S/C12H16N2O2S2/c1-4-16-12(15)9-6-18-11(14-9)8-5-17-10(13-8)7(2)3/h5,7,9H,4,6H2,1-3H3. The maximum atomic E-state index is 11.6. The lowest BCUT2D eigenvalue weighted by molar-refractivity contribution is -0.143. The van der Waals surface area contributed by atoms with Crippen LogP contribution in [0.5, 0.6) is 0 Å². The predicted octanol–water partition coefficient (Wildman–Crippen LogP) is 2.69. The minimum Gasteiger partial charge on any atom is -0.464 e. The topological polar surface area (TPSA) is 51.5 Å². The lowest BCUT2D eigenvalue weighted by Crippen LogP contribution is -2.21. The molecular weight excluding hydrogens is 268 g/mol. The number of rotatable bonds is 4. The van der Waals surface area contributed by atoms with Crippen LogP contribution in [0.2, 0.25) is 0 Å². The molecule has 0 fully saturated rings. The predicted molar refractivity (Wildman–Crippen MR) is 75.6 cm³/mol. The molecule has 0 saturated heterocycles. The van der Waals surface area contributed by atoms with E-state index < -0.39 is 0 Å². The summed E-state index contributed by atoms with van der Waals surface area (Å²) >= 11 is 3.22. The van der Waals surface area contributed by atoms with Gasteiger partial charge in [-0.15, -0.1) is 23.1 Å². The highest BCUT2D eigenvalue weighted by Gasteiger charge is 2.27. The van der Waals surface area contributed by atoms with Gasteiger partial charge in [-0.25, -0.2) is 9.78 Å². The maximum Gasteiger partial charge on any atom is 0.331 e. The SMILES string of the molecule is CCOC(=O)C1CSC(c2csc(C(C)C)n2)=N1. The molecule has 1 aromatic rings. The molecule has 2 rings (SSSR count). The van der Waals surface area contributed by atoms with Gasteiger partial charge in [0.1, 0.15) is 10.7 Å². The fourth-order valence-electron chi connectivity index (χ4n) is 1.52. The van der Waals surface area contributed by atoms with Crippen molar-refractivity contribution in [2.45, 2.75) is 32.7 Å². The Bertz CT molecular complexity index is 468. The Morgan fingerprint density at radius 1 is 1.61 bits per heavy atom. The number of hydrogen-bond donors (Lipinski definition) is 0. The van der Waals surface area contributed by atoms with Crippen LogP contribution in [0.25, 0.3) is 0 Å². The minimum absolute atomic E-state index is 0.237. The minimum atomic E-state index is -0.367. The molecule has 1 aliphatic rings. The fraction of sp³-hybridized carbons (Fsp3) is 0.583. The first kappa shape index (κ1) is 13.5. The van der Waals surface area contributed by atoms with Crippen LogP contribution in [0.3, 0.4) is 0 Å². The van der Waals surface area contributed by atoms with Crippen LogP contribution >= 0.6 is 23.1 Å². The highest BCUT2D eigenvalue weighted by Crippen LogP contribution is 2.27. The van der Waals surface area contributed by atoms with E-state index in [2.05, 4.69) is 23.8 Å². The molecular formula is C12H16N2O2S2. The Balaban J connectivity index is 2.10. The molecule has 0 spiro atoms. The lowest BCUT2D eigenvalue weighted by atomic mass is 10.2. The second-order valence-electron chi connectivity index (χ2n) is 4.24. The Morgan fingerprint density at radius 2 is 2.39 bits per heavy atom. The summed E-state index contributed by atoms with van der Waals surface area (Å²) < 4.78 is 4.98. The van der Waals surface area contributed by atoms with Gasteiger partial charge in [0.15, 0.2) is 6.04 Å². The van der Waals surface area contributed by atoms with Crippen molar-refractivity contribution in [2.24, 2.45) is 4.99 Å². The summed E-state index contributed by atoms with van der Waals surface area (Å²) in [6.07, 6.45) is 0. The first-order chi connectivity index (χ1) is 8.61. The van der Waals surface area contributed by atoms with E-state index in [-0.39, 0.29) is 12.0 Å². The fourth-order valence-corrected chi connectivity index (χ4v) is 3.40. The highest BCUT2D eigenvalue weighted by molar-refractivity contribution is 8.14. The van der Waals surface area contributed by atoms with Crippen molar-refractivity contribution in [3.8, 4) is 0 Å². The number of carbonyl (C=O) groups excluding carboxylic acids is 1. The van der Waals surface area contributed by atoms with Gasteiger partial charge in [0.25, 0.3) is 0 Å². The molecule has 1 unspecified atom stereocenters. The Hall–Kier alpha value is -0.880. The van der Waals surface area contributed by atoms with Crippen LogP contribution in [0.15, 0.2) is 10.4 Å². The quantitative estimate of drug-likeness (QED) is 0.798. The second-order valence-corrected chi connectivity index (χ2v) is 6.14. The zero-order chi connectivity index (χ0) is 13.1.